The second-order valence-electron chi connectivity index (χ2n) is 4.30. The van der Waals surface area contributed by atoms with Crippen LogP contribution in [0.2, 0.25) is 0 Å². The van der Waals surface area contributed by atoms with Crippen LogP contribution >= 0.6 is 0 Å². The summed E-state index contributed by atoms with van der Waals surface area (Å²) in [5.74, 6) is 0. The van der Waals surface area contributed by atoms with Crippen LogP contribution in [0.25, 0.3) is 0 Å². The van der Waals surface area contributed by atoms with Crippen molar-refractivity contribution in [2.45, 2.75) is 33.6 Å². The molecule has 0 aromatic rings. The van der Waals surface area contributed by atoms with Crippen LogP contribution in [0.3, 0.4) is 0 Å². The molecule has 0 aliphatic rings. The largest absolute Gasteiger partial charge is 0.346 e. The van der Waals surface area contributed by atoms with Gasteiger partial charge >= 0.3 is 0 Å². The van der Waals surface area contributed by atoms with Crippen LogP contribution in [0, 0.1) is 0 Å². The van der Waals surface area contributed by atoms with Gasteiger partial charge < -0.3 is 4.90 Å². The summed E-state index contributed by atoms with van der Waals surface area (Å²) in [5.41, 5.74) is 4.42. The van der Waals surface area contributed by atoms with Gasteiger partial charge in [-0.15, -0.1) is 6.58 Å². The van der Waals surface area contributed by atoms with E-state index < -0.39 is 0 Å². The Morgan fingerprint density at radius 2 is 1.40 bits per heavy atom. The highest BCUT2D eigenvalue weighted by atomic mass is 15.1. The van der Waals surface area contributed by atoms with Crippen molar-refractivity contribution in [1.29, 1.82) is 0 Å². The van der Waals surface area contributed by atoms with Gasteiger partial charge in [-0.1, -0.05) is 30.9 Å². The number of nitrogens with zero attached hydrogens (tertiary/aromatic N) is 1. The van der Waals surface area contributed by atoms with E-state index in [1.807, 2.05) is 20.8 Å². The Morgan fingerprint density at radius 3 is 1.73 bits per heavy atom. The summed E-state index contributed by atoms with van der Waals surface area (Å²) in [6.07, 6.45) is 1.92. The lowest BCUT2D eigenvalue weighted by Crippen LogP contribution is -2.21. The Bertz CT molecular complexity index is 284. The van der Waals surface area contributed by atoms with Gasteiger partial charge in [0.2, 0.25) is 0 Å². The summed E-state index contributed by atoms with van der Waals surface area (Å²) in [4.78, 5) is 2.12. The van der Waals surface area contributed by atoms with E-state index in [0.29, 0.717) is 0 Å². The van der Waals surface area contributed by atoms with E-state index in [1.165, 1.54) is 5.57 Å². The number of allylic oxidation sites excluding steroid dienone is 3. The molecule has 0 radical (unpaired) electrons. The molecular formula is C14H23N. The highest BCUT2D eigenvalue weighted by Gasteiger charge is 2.08. The van der Waals surface area contributed by atoms with Gasteiger partial charge in [0.25, 0.3) is 0 Å². The fourth-order valence-corrected chi connectivity index (χ4v) is 1.28. The molecule has 0 aliphatic carbocycles. The normalized spacial score (nSPS) is 9.53. The third-order valence-electron chi connectivity index (χ3n) is 2.11. The maximum absolute atomic E-state index is 4.08. The molecule has 84 valence electrons. The van der Waals surface area contributed by atoms with Gasteiger partial charge in [-0.3, -0.25) is 0 Å². The molecule has 0 amide bonds. The van der Waals surface area contributed by atoms with Gasteiger partial charge in [0.1, 0.15) is 0 Å². The molecule has 0 atom stereocenters. The predicted octanol–water partition coefficient (Wildman–Crippen LogP) is 4.27. The standard InChI is InChI=1S/C14H23N/c1-11(2)8-9-14(7)15(13(5)6)10-12(3)4/h1,3,5,7-10H2,2,4,6H3. The number of hydrogen-bond donors (Lipinski definition) is 0. The molecule has 0 heterocycles. The summed E-state index contributed by atoms with van der Waals surface area (Å²) in [6, 6.07) is 0. The monoisotopic (exact) mass is 205 g/mol. The summed E-state index contributed by atoms with van der Waals surface area (Å²) in [5, 5.41) is 0. The van der Waals surface area contributed by atoms with Crippen molar-refractivity contribution >= 4 is 0 Å². The molecule has 0 bridgehead atoms. The number of hydrogen-bond acceptors (Lipinski definition) is 1. The lowest BCUT2D eigenvalue weighted by molar-refractivity contribution is 0.447. The lowest BCUT2D eigenvalue weighted by atomic mass is 10.1. The van der Waals surface area contributed by atoms with E-state index in [1.54, 1.807) is 0 Å². The molecule has 0 fully saturated rings. The highest BCUT2D eigenvalue weighted by Crippen LogP contribution is 2.18. The Labute approximate surface area is 94.5 Å². The van der Waals surface area contributed by atoms with Gasteiger partial charge in [0, 0.05) is 17.9 Å². The Morgan fingerprint density at radius 1 is 0.867 bits per heavy atom. The summed E-state index contributed by atoms with van der Waals surface area (Å²) in [6.45, 7) is 22.7. The molecule has 1 heteroatoms. The van der Waals surface area contributed by atoms with E-state index in [-0.39, 0.29) is 0 Å². The molecule has 0 N–H and O–H groups in total. The third-order valence-corrected chi connectivity index (χ3v) is 2.11. The first-order valence-electron chi connectivity index (χ1n) is 5.24. The molecule has 0 unspecified atom stereocenters. The second kappa shape index (κ2) is 6.28. The zero-order valence-electron chi connectivity index (χ0n) is 10.4. The maximum Gasteiger partial charge on any atom is 0.0429 e. The predicted molar refractivity (Wildman–Crippen MR) is 69.5 cm³/mol. The summed E-state index contributed by atoms with van der Waals surface area (Å²) in [7, 11) is 0. The molecule has 0 saturated carbocycles. The van der Waals surface area contributed by atoms with Crippen molar-refractivity contribution in [3.05, 3.63) is 48.9 Å². The first kappa shape index (κ1) is 13.8. The summed E-state index contributed by atoms with van der Waals surface area (Å²) < 4.78 is 0. The van der Waals surface area contributed by atoms with Gasteiger partial charge in [0.05, 0.1) is 0 Å². The molecule has 0 spiro atoms. The average molecular weight is 205 g/mol. The fraction of sp³-hybridized carbons (Fsp3) is 0.429. The molecule has 15 heavy (non-hydrogen) atoms. The quantitative estimate of drug-likeness (QED) is 0.561. The smallest absolute Gasteiger partial charge is 0.0429 e. The van der Waals surface area contributed by atoms with Crippen LogP contribution in [0.5, 0.6) is 0 Å². The minimum absolute atomic E-state index is 0.810. The highest BCUT2D eigenvalue weighted by molar-refractivity contribution is 5.11. The lowest BCUT2D eigenvalue weighted by Gasteiger charge is -2.27. The molecular weight excluding hydrogens is 182 g/mol. The molecule has 0 aliphatic heterocycles. The zero-order chi connectivity index (χ0) is 12.0. The Kier molecular flexibility index (Phi) is 5.76. The topological polar surface area (TPSA) is 3.24 Å². The number of rotatable bonds is 7. The molecule has 0 rings (SSSR count). The van der Waals surface area contributed by atoms with Crippen molar-refractivity contribution in [2.24, 2.45) is 0 Å². The van der Waals surface area contributed by atoms with Gasteiger partial charge in [-0.05, 0) is 33.6 Å². The minimum atomic E-state index is 0.810. The van der Waals surface area contributed by atoms with E-state index in [9.17, 15) is 0 Å². The van der Waals surface area contributed by atoms with E-state index >= 15 is 0 Å². The van der Waals surface area contributed by atoms with E-state index in [2.05, 4.69) is 31.2 Å². The Hall–Kier alpha value is -1.24. The van der Waals surface area contributed by atoms with Crippen LogP contribution in [-0.4, -0.2) is 11.4 Å². The molecule has 0 saturated heterocycles. The second-order valence-corrected chi connectivity index (χ2v) is 4.30. The van der Waals surface area contributed by atoms with Crippen LogP contribution in [0.15, 0.2) is 48.9 Å². The molecule has 0 aromatic carbocycles. The van der Waals surface area contributed by atoms with Crippen LogP contribution in [0.1, 0.15) is 33.6 Å². The summed E-state index contributed by atoms with van der Waals surface area (Å²) >= 11 is 0. The van der Waals surface area contributed by atoms with Crippen molar-refractivity contribution in [3.63, 3.8) is 0 Å². The van der Waals surface area contributed by atoms with Gasteiger partial charge in [0.15, 0.2) is 0 Å². The van der Waals surface area contributed by atoms with Crippen LogP contribution in [0.4, 0.5) is 0 Å². The SMILES string of the molecule is C=C(C)CCC(=C)N(CC(=C)C)C(=C)C. The molecule has 0 aromatic heterocycles. The van der Waals surface area contributed by atoms with Crippen molar-refractivity contribution in [1.82, 2.24) is 4.90 Å². The van der Waals surface area contributed by atoms with E-state index in [0.717, 1.165) is 36.4 Å². The first-order chi connectivity index (χ1) is 6.84. The van der Waals surface area contributed by atoms with Crippen LogP contribution in [-0.2, 0) is 0 Å². The van der Waals surface area contributed by atoms with Gasteiger partial charge in [-0.2, -0.15) is 0 Å². The first-order valence-corrected chi connectivity index (χ1v) is 5.24. The van der Waals surface area contributed by atoms with Gasteiger partial charge in [-0.25, -0.2) is 0 Å². The fourth-order valence-electron chi connectivity index (χ4n) is 1.28. The van der Waals surface area contributed by atoms with Crippen molar-refractivity contribution in [3.8, 4) is 0 Å². The minimum Gasteiger partial charge on any atom is -0.346 e. The third kappa shape index (κ3) is 5.95. The zero-order valence-corrected chi connectivity index (χ0v) is 10.4. The Balaban J connectivity index is 4.36. The van der Waals surface area contributed by atoms with Crippen LogP contribution < -0.4 is 0 Å². The van der Waals surface area contributed by atoms with Crippen molar-refractivity contribution in [2.75, 3.05) is 6.54 Å². The van der Waals surface area contributed by atoms with Crippen molar-refractivity contribution < 1.29 is 0 Å². The maximum atomic E-state index is 4.08. The average Bonchev–Trinajstić information content (AvgIpc) is 2.09. The van der Waals surface area contributed by atoms with E-state index in [4.69, 9.17) is 0 Å². The molecule has 1 nitrogen and oxygen atoms in total.